The number of aliphatic imine (C=N–C) groups is 1. The zero-order valence-corrected chi connectivity index (χ0v) is 14.9. The van der Waals surface area contributed by atoms with Crippen LogP contribution in [0.3, 0.4) is 0 Å². The summed E-state index contributed by atoms with van der Waals surface area (Å²) in [7, 11) is 5.34. The van der Waals surface area contributed by atoms with E-state index in [1.807, 2.05) is 44.4 Å². The van der Waals surface area contributed by atoms with Gasteiger partial charge in [0.25, 0.3) is 0 Å². The van der Waals surface area contributed by atoms with Crippen LogP contribution < -0.4 is 10.6 Å². The number of carbonyl (C=O) groups excluding carboxylic acids is 1. The van der Waals surface area contributed by atoms with E-state index in [4.69, 9.17) is 0 Å². The number of carbonyl (C=O) groups is 1. The molecule has 0 saturated heterocycles. The van der Waals surface area contributed by atoms with E-state index in [-0.39, 0.29) is 5.91 Å². The van der Waals surface area contributed by atoms with Gasteiger partial charge >= 0.3 is 0 Å². The third kappa shape index (κ3) is 5.91. The Kier molecular flexibility index (Phi) is 6.94. The Morgan fingerprint density at radius 3 is 2.68 bits per heavy atom. The van der Waals surface area contributed by atoms with Crippen LogP contribution in [0.4, 0.5) is 0 Å². The van der Waals surface area contributed by atoms with E-state index in [1.54, 1.807) is 16.6 Å². The highest BCUT2D eigenvalue weighted by Crippen LogP contribution is 2.03. The standard InChI is InChI=1S/C17H25N7O/c1-18-17(20-11-15-21-13-22-24(15)3)19-10-9-16(25)23(2)12-14-7-5-4-6-8-14/h4-8,13H,9-12H2,1-3H3,(H2,18,19,20). The molecule has 0 aliphatic heterocycles. The molecule has 134 valence electrons. The first-order valence-corrected chi connectivity index (χ1v) is 8.15. The van der Waals surface area contributed by atoms with Crippen LogP contribution in [0.5, 0.6) is 0 Å². The quantitative estimate of drug-likeness (QED) is 0.566. The number of amides is 1. The molecule has 0 radical (unpaired) electrons. The minimum Gasteiger partial charge on any atom is -0.356 e. The van der Waals surface area contributed by atoms with Crippen molar-refractivity contribution in [2.24, 2.45) is 12.0 Å². The van der Waals surface area contributed by atoms with Gasteiger partial charge in [-0.25, -0.2) is 4.98 Å². The molecule has 2 rings (SSSR count). The van der Waals surface area contributed by atoms with Crippen LogP contribution >= 0.6 is 0 Å². The molecule has 2 N–H and O–H groups in total. The Morgan fingerprint density at radius 1 is 1.28 bits per heavy atom. The predicted octanol–water partition coefficient (Wildman–Crippen LogP) is 0.529. The van der Waals surface area contributed by atoms with Gasteiger partial charge in [0.1, 0.15) is 12.2 Å². The Morgan fingerprint density at radius 2 is 2.04 bits per heavy atom. The number of rotatable bonds is 7. The van der Waals surface area contributed by atoms with Gasteiger partial charge in [-0.2, -0.15) is 5.10 Å². The summed E-state index contributed by atoms with van der Waals surface area (Å²) in [6.07, 6.45) is 1.91. The molecular weight excluding hydrogens is 318 g/mol. The number of hydrogen-bond donors (Lipinski definition) is 2. The number of nitrogens with zero attached hydrogens (tertiary/aromatic N) is 5. The lowest BCUT2D eigenvalue weighted by atomic mass is 10.2. The molecule has 0 spiro atoms. The summed E-state index contributed by atoms with van der Waals surface area (Å²) in [5.74, 6) is 1.52. The van der Waals surface area contributed by atoms with Crippen molar-refractivity contribution < 1.29 is 4.79 Å². The molecule has 1 aromatic carbocycles. The first-order chi connectivity index (χ1) is 12.1. The average molecular weight is 343 g/mol. The summed E-state index contributed by atoms with van der Waals surface area (Å²) in [4.78, 5) is 22.2. The van der Waals surface area contributed by atoms with Crippen LogP contribution in [0.15, 0.2) is 41.7 Å². The van der Waals surface area contributed by atoms with Gasteiger partial charge in [0.15, 0.2) is 5.96 Å². The second-order valence-electron chi connectivity index (χ2n) is 5.64. The fourth-order valence-electron chi connectivity index (χ4n) is 2.29. The first kappa shape index (κ1) is 18.4. The van der Waals surface area contributed by atoms with E-state index in [0.717, 1.165) is 11.4 Å². The molecule has 1 amide bonds. The summed E-state index contributed by atoms with van der Waals surface area (Å²) >= 11 is 0. The highest BCUT2D eigenvalue weighted by molar-refractivity contribution is 5.81. The van der Waals surface area contributed by atoms with E-state index >= 15 is 0 Å². The van der Waals surface area contributed by atoms with Gasteiger partial charge in [0.2, 0.25) is 5.91 Å². The van der Waals surface area contributed by atoms with Gasteiger partial charge in [-0.05, 0) is 5.56 Å². The van der Waals surface area contributed by atoms with Crippen LogP contribution in [-0.4, -0.2) is 52.2 Å². The van der Waals surface area contributed by atoms with Gasteiger partial charge in [-0.1, -0.05) is 30.3 Å². The van der Waals surface area contributed by atoms with Crippen LogP contribution in [0.1, 0.15) is 17.8 Å². The molecule has 8 nitrogen and oxygen atoms in total. The lowest BCUT2D eigenvalue weighted by molar-refractivity contribution is -0.130. The predicted molar refractivity (Wildman–Crippen MR) is 96.7 cm³/mol. The molecular formula is C17H25N7O. The minimum atomic E-state index is 0.0834. The number of guanidine groups is 1. The van der Waals surface area contributed by atoms with Crippen molar-refractivity contribution in [2.45, 2.75) is 19.5 Å². The molecule has 1 aromatic heterocycles. The zero-order valence-electron chi connectivity index (χ0n) is 14.9. The number of aryl methyl sites for hydroxylation is 1. The summed E-state index contributed by atoms with van der Waals surface area (Å²) in [6.45, 7) is 1.63. The summed E-state index contributed by atoms with van der Waals surface area (Å²) in [5.41, 5.74) is 1.12. The van der Waals surface area contributed by atoms with Crippen LogP contribution in [-0.2, 0) is 24.9 Å². The number of hydrogen-bond acceptors (Lipinski definition) is 4. The van der Waals surface area contributed by atoms with Crippen molar-refractivity contribution in [3.05, 3.63) is 48.0 Å². The van der Waals surface area contributed by atoms with E-state index in [2.05, 4.69) is 25.7 Å². The molecule has 0 atom stereocenters. The molecule has 8 heteroatoms. The third-order valence-electron chi connectivity index (χ3n) is 3.76. The fraction of sp³-hybridized carbons (Fsp3) is 0.412. The van der Waals surface area contributed by atoms with E-state index < -0.39 is 0 Å². The minimum absolute atomic E-state index is 0.0834. The van der Waals surface area contributed by atoms with Gasteiger partial charge in [-0.3, -0.25) is 14.5 Å². The van der Waals surface area contributed by atoms with Crippen molar-refractivity contribution in [2.75, 3.05) is 20.6 Å². The van der Waals surface area contributed by atoms with Crippen molar-refractivity contribution in [3.8, 4) is 0 Å². The van der Waals surface area contributed by atoms with Crippen molar-refractivity contribution in [1.29, 1.82) is 0 Å². The molecule has 1 heterocycles. The lowest BCUT2D eigenvalue weighted by Crippen LogP contribution is -2.39. The van der Waals surface area contributed by atoms with E-state index in [1.165, 1.54) is 6.33 Å². The maximum absolute atomic E-state index is 12.2. The normalized spacial score (nSPS) is 11.2. The zero-order chi connectivity index (χ0) is 18.1. The molecule has 0 fully saturated rings. The van der Waals surface area contributed by atoms with E-state index in [0.29, 0.717) is 32.0 Å². The van der Waals surface area contributed by atoms with Crippen molar-refractivity contribution in [3.63, 3.8) is 0 Å². The maximum atomic E-state index is 12.2. The second kappa shape index (κ2) is 9.41. The third-order valence-corrected chi connectivity index (χ3v) is 3.76. The molecule has 0 aliphatic carbocycles. The maximum Gasteiger partial charge on any atom is 0.224 e. The Balaban J connectivity index is 1.70. The summed E-state index contributed by atoms with van der Waals surface area (Å²) in [6, 6.07) is 9.94. The number of nitrogens with one attached hydrogen (secondary N) is 2. The highest BCUT2D eigenvalue weighted by Gasteiger charge is 2.09. The monoisotopic (exact) mass is 343 g/mol. The number of aromatic nitrogens is 3. The topological polar surface area (TPSA) is 87.4 Å². The molecule has 0 aliphatic rings. The van der Waals surface area contributed by atoms with E-state index in [9.17, 15) is 4.79 Å². The number of benzene rings is 1. The summed E-state index contributed by atoms with van der Waals surface area (Å²) < 4.78 is 1.70. The Hall–Kier alpha value is -2.90. The lowest BCUT2D eigenvalue weighted by Gasteiger charge is -2.18. The molecule has 0 saturated carbocycles. The molecule has 0 unspecified atom stereocenters. The SMILES string of the molecule is CN=C(NCCC(=O)N(C)Cc1ccccc1)NCc1ncnn1C. The van der Waals surface area contributed by atoms with Gasteiger partial charge in [0, 0.05) is 40.7 Å². The van der Waals surface area contributed by atoms with Gasteiger partial charge < -0.3 is 15.5 Å². The van der Waals surface area contributed by atoms with Crippen LogP contribution in [0, 0.1) is 0 Å². The average Bonchev–Trinajstić information content (AvgIpc) is 3.03. The molecule has 25 heavy (non-hydrogen) atoms. The Bertz CT molecular complexity index is 696. The van der Waals surface area contributed by atoms with Crippen molar-refractivity contribution >= 4 is 11.9 Å². The van der Waals surface area contributed by atoms with Crippen LogP contribution in [0.25, 0.3) is 0 Å². The molecule has 2 aromatic rings. The first-order valence-electron chi connectivity index (χ1n) is 8.15. The van der Waals surface area contributed by atoms with Crippen molar-refractivity contribution in [1.82, 2.24) is 30.3 Å². The van der Waals surface area contributed by atoms with Crippen LogP contribution in [0.2, 0.25) is 0 Å². The Labute approximate surface area is 148 Å². The smallest absolute Gasteiger partial charge is 0.224 e. The summed E-state index contributed by atoms with van der Waals surface area (Å²) in [5, 5.41) is 10.3. The largest absolute Gasteiger partial charge is 0.356 e. The van der Waals surface area contributed by atoms with Gasteiger partial charge in [0.05, 0.1) is 6.54 Å². The second-order valence-corrected chi connectivity index (χ2v) is 5.64. The highest BCUT2D eigenvalue weighted by atomic mass is 16.2. The fourth-order valence-corrected chi connectivity index (χ4v) is 2.29. The molecule has 0 bridgehead atoms. The van der Waals surface area contributed by atoms with Gasteiger partial charge in [-0.15, -0.1) is 0 Å².